The van der Waals surface area contributed by atoms with E-state index in [1.807, 2.05) is 13.8 Å². The molecule has 0 atom stereocenters. The van der Waals surface area contributed by atoms with Crippen molar-refractivity contribution >= 4 is 5.78 Å². The van der Waals surface area contributed by atoms with Crippen molar-refractivity contribution in [3.8, 4) is 0 Å². The summed E-state index contributed by atoms with van der Waals surface area (Å²) in [4.78, 5) is 12.0. The second-order valence-corrected chi connectivity index (χ2v) is 4.84. The number of hydrogen-bond donors (Lipinski definition) is 0. The molecule has 1 nitrogen and oxygen atoms in total. The van der Waals surface area contributed by atoms with Crippen molar-refractivity contribution in [2.45, 2.75) is 40.0 Å². The molecule has 0 radical (unpaired) electrons. The minimum absolute atomic E-state index is 0.340. The fraction of sp³-hybridized carbons (Fsp3) is 0.500. The third-order valence-electron chi connectivity index (χ3n) is 3.13. The highest BCUT2D eigenvalue weighted by atomic mass is 16.1. The number of hydrogen-bond acceptors (Lipinski definition) is 1. The average Bonchev–Trinajstić information content (AvgIpc) is 2.85. The Morgan fingerprint density at radius 1 is 1.20 bits per heavy atom. The van der Waals surface area contributed by atoms with E-state index in [2.05, 4.69) is 19.1 Å². The highest BCUT2D eigenvalue weighted by Gasteiger charge is 2.26. The van der Waals surface area contributed by atoms with Gasteiger partial charge in [0.25, 0.3) is 0 Å². The van der Waals surface area contributed by atoms with Gasteiger partial charge in [0.05, 0.1) is 0 Å². The molecule has 0 amide bonds. The molecule has 0 N–H and O–H groups in total. The van der Waals surface area contributed by atoms with Crippen LogP contribution in [0, 0.1) is 26.7 Å². The maximum absolute atomic E-state index is 12.0. The summed E-state index contributed by atoms with van der Waals surface area (Å²) in [5, 5.41) is 0. The molecule has 15 heavy (non-hydrogen) atoms. The summed E-state index contributed by atoms with van der Waals surface area (Å²) in [6.45, 7) is 6.16. The SMILES string of the molecule is Cc1cc(C)c(C(=O)CC2CC2)c(C)c1. The molecule has 0 spiro atoms. The fourth-order valence-corrected chi connectivity index (χ4v) is 2.31. The van der Waals surface area contributed by atoms with Gasteiger partial charge in [-0.05, 0) is 50.7 Å². The smallest absolute Gasteiger partial charge is 0.163 e. The van der Waals surface area contributed by atoms with Gasteiger partial charge in [0.2, 0.25) is 0 Å². The number of rotatable bonds is 3. The predicted octanol–water partition coefficient (Wildman–Crippen LogP) is 3.59. The molecule has 1 aliphatic rings. The molecule has 80 valence electrons. The van der Waals surface area contributed by atoms with Crippen molar-refractivity contribution in [2.75, 3.05) is 0 Å². The van der Waals surface area contributed by atoms with Gasteiger partial charge in [0.1, 0.15) is 0 Å². The van der Waals surface area contributed by atoms with E-state index in [0.717, 1.165) is 23.1 Å². The van der Waals surface area contributed by atoms with Crippen LogP contribution in [0.1, 0.15) is 46.3 Å². The van der Waals surface area contributed by atoms with Crippen molar-refractivity contribution in [2.24, 2.45) is 5.92 Å². The minimum atomic E-state index is 0.340. The maximum atomic E-state index is 12.0. The lowest BCUT2D eigenvalue weighted by Gasteiger charge is -2.09. The molecule has 1 aliphatic carbocycles. The van der Waals surface area contributed by atoms with Gasteiger partial charge < -0.3 is 0 Å². The fourth-order valence-electron chi connectivity index (χ4n) is 2.31. The van der Waals surface area contributed by atoms with E-state index in [4.69, 9.17) is 0 Å². The maximum Gasteiger partial charge on any atom is 0.163 e. The Hall–Kier alpha value is -1.11. The van der Waals surface area contributed by atoms with Crippen LogP contribution in [0.25, 0.3) is 0 Å². The summed E-state index contributed by atoms with van der Waals surface area (Å²) in [6, 6.07) is 4.21. The molecule has 2 rings (SSSR count). The van der Waals surface area contributed by atoms with Crippen LogP contribution in [-0.4, -0.2) is 5.78 Å². The van der Waals surface area contributed by atoms with Crippen LogP contribution < -0.4 is 0 Å². The highest BCUT2D eigenvalue weighted by molar-refractivity contribution is 5.99. The number of Topliss-reactive ketones (excluding diaryl/α,β-unsaturated/α-hetero) is 1. The molecular formula is C14H18O. The summed E-state index contributed by atoms with van der Waals surface area (Å²) in [5.41, 5.74) is 4.48. The molecule has 0 heterocycles. The molecule has 1 fully saturated rings. The van der Waals surface area contributed by atoms with Crippen molar-refractivity contribution in [1.82, 2.24) is 0 Å². The predicted molar refractivity (Wildman–Crippen MR) is 62.3 cm³/mol. The van der Waals surface area contributed by atoms with Crippen LogP contribution in [0.5, 0.6) is 0 Å². The first kappa shape index (κ1) is 10.4. The molecule has 1 heteroatoms. The Bertz CT molecular complexity index is 377. The number of carbonyl (C=O) groups excluding carboxylic acids is 1. The molecule has 0 unspecified atom stereocenters. The lowest BCUT2D eigenvalue weighted by molar-refractivity contribution is 0.0975. The van der Waals surface area contributed by atoms with Gasteiger partial charge in [-0.2, -0.15) is 0 Å². The van der Waals surface area contributed by atoms with E-state index in [-0.39, 0.29) is 0 Å². The normalized spacial score (nSPS) is 15.4. The van der Waals surface area contributed by atoms with E-state index < -0.39 is 0 Å². The summed E-state index contributed by atoms with van der Waals surface area (Å²) in [7, 11) is 0. The molecule has 1 saturated carbocycles. The Labute approximate surface area is 91.5 Å². The summed E-state index contributed by atoms with van der Waals surface area (Å²) >= 11 is 0. The van der Waals surface area contributed by atoms with Crippen molar-refractivity contribution in [3.63, 3.8) is 0 Å². The van der Waals surface area contributed by atoms with E-state index >= 15 is 0 Å². The standard InChI is InChI=1S/C14H18O/c1-9-6-10(2)14(11(3)7-9)13(15)8-12-4-5-12/h6-7,12H,4-5,8H2,1-3H3. The van der Waals surface area contributed by atoms with E-state index in [1.165, 1.54) is 18.4 Å². The van der Waals surface area contributed by atoms with Crippen LogP contribution in [0.2, 0.25) is 0 Å². The Morgan fingerprint density at radius 3 is 2.20 bits per heavy atom. The quantitative estimate of drug-likeness (QED) is 0.684. The van der Waals surface area contributed by atoms with Crippen LogP contribution in [-0.2, 0) is 0 Å². The largest absolute Gasteiger partial charge is 0.294 e. The topological polar surface area (TPSA) is 17.1 Å². The van der Waals surface area contributed by atoms with E-state index in [0.29, 0.717) is 11.7 Å². The molecule has 0 saturated heterocycles. The molecule has 1 aromatic rings. The van der Waals surface area contributed by atoms with Crippen LogP contribution in [0.4, 0.5) is 0 Å². The van der Waals surface area contributed by atoms with Gasteiger partial charge in [0.15, 0.2) is 5.78 Å². The van der Waals surface area contributed by atoms with Gasteiger partial charge in [-0.1, -0.05) is 17.7 Å². The number of benzene rings is 1. The Kier molecular flexibility index (Phi) is 2.64. The summed E-state index contributed by atoms with van der Waals surface area (Å²) < 4.78 is 0. The van der Waals surface area contributed by atoms with E-state index in [9.17, 15) is 4.79 Å². The van der Waals surface area contributed by atoms with Gasteiger partial charge >= 0.3 is 0 Å². The lowest BCUT2D eigenvalue weighted by atomic mass is 9.94. The number of carbonyl (C=O) groups is 1. The molecule has 1 aromatic carbocycles. The van der Waals surface area contributed by atoms with Gasteiger partial charge in [-0.15, -0.1) is 0 Å². The van der Waals surface area contributed by atoms with Gasteiger partial charge in [-0.25, -0.2) is 0 Å². The number of aryl methyl sites for hydroxylation is 3. The van der Waals surface area contributed by atoms with Crippen LogP contribution >= 0.6 is 0 Å². The van der Waals surface area contributed by atoms with E-state index in [1.54, 1.807) is 0 Å². The van der Waals surface area contributed by atoms with Gasteiger partial charge in [0, 0.05) is 12.0 Å². The van der Waals surface area contributed by atoms with Crippen molar-refractivity contribution in [1.29, 1.82) is 0 Å². The van der Waals surface area contributed by atoms with Crippen molar-refractivity contribution < 1.29 is 4.79 Å². The first-order chi connectivity index (χ1) is 7.08. The minimum Gasteiger partial charge on any atom is -0.294 e. The first-order valence-electron chi connectivity index (χ1n) is 5.69. The van der Waals surface area contributed by atoms with Crippen LogP contribution in [0.3, 0.4) is 0 Å². The zero-order chi connectivity index (χ0) is 11.0. The second-order valence-electron chi connectivity index (χ2n) is 4.84. The molecule has 0 aliphatic heterocycles. The lowest BCUT2D eigenvalue weighted by Crippen LogP contribution is -2.05. The second kappa shape index (κ2) is 3.80. The zero-order valence-electron chi connectivity index (χ0n) is 9.76. The summed E-state index contributed by atoms with van der Waals surface area (Å²) in [6.07, 6.45) is 3.25. The molecule has 0 aromatic heterocycles. The monoisotopic (exact) mass is 202 g/mol. The van der Waals surface area contributed by atoms with Gasteiger partial charge in [-0.3, -0.25) is 4.79 Å². The van der Waals surface area contributed by atoms with Crippen LogP contribution in [0.15, 0.2) is 12.1 Å². The Morgan fingerprint density at radius 2 is 1.73 bits per heavy atom. The third kappa shape index (κ3) is 2.28. The number of ketones is 1. The molecular weight excluding hydrogens is 184 g/mol. The Balaban J connectivity index is 2.29. The van der Waals surface area contributed by atoms with Crippen molar-refractivity contribution in [3.05, 3.63) is 34.4 Å². The first-order valence-corrected chi connectivity index (χ1v) is 5.69. The zero-order valence-corrected chi connectivity index (χ0v) is 9.76. The molecule has 0 bridgehead atoms. The third-order valence-corrected chi connectivity index (χ3v) is 3.13. The highest BCUT2D eigenvalue weighted by Crippen LogP contribution is 2.34. The average molecular weight is 202 g/mol. The summed E-state index contributed by atoms with van der Waals surface area (Å²) in [5.74, 6) is 1.02.